The van der Waals surface area contributed by atoms with E-state index in [2.05, 4.69) is 37.8 Å². The highest BCUT2D eigenvalue weighted by atomic mass is 16.4. The van der Waals surface area contributed by atoms with Gasteiger partial charge in [0, 0.05) is 35.8 Å². The first-order valence-corrected chi connectivity index (χ1v) is 10.0. The number of rotatable bonds is 11. The number of anilines is 1. The molecule has 0 unspecified atom stereocenters. The number of hydrogen-bond donors (Lipinski definition) is 0. The molecule has 1 aromatic carbocycles. The summed E-state index contributed by atoms with van der Waals surface area (Å²) < 4.78 is 5.60. The summed E-state index contributed by atoms with van der Waals surface area (Å²) >= 11 is 0. The van der Waals surface area contributed by atoms with Crippen LogP contribution in [0.25, 0.3) is 11.0 Å². The van der Waals surface area contributed by atoms with Crippen molar-refractivity contribution in [2.45, 2.75) is 72.1 Å². The molecule has 0 N–H and O–H groups in total. The number of benzene rings is 1. The Morgan fingerprint density at radius 3 is 2.24 bits per heavy atom. The lowest BCUT2D eigenvalue weighted by atomic mass is 10.0. The largest absolute Gasteiger partial charge is 0.422 e. The Labute approximate surface area is 152 Å². The van der Waals surface area contributed by atoms with Gasteiger partial charge in [0.1, 0.15) is 5.58 Å². The second-order valence-electron chi connectivity index (χ2n) is 6.82. The Morgan fingerprint density at radius 1 is 0.880 bits per heavy atom. The van der Waals surface area contributed by atoms with Gasteiger partial charge >= 0.3 is 5.63 Å². The van der Waals surface area contributed by atoms with E-state index >= 15 is 0 Å². The number of unbranched alkanes of at least 4 members (excludes halogenated alkanes) is 6. The van der Waals surface area contributed by atoms with Gasteiger partial charge < -0.3 is 9.32 Å². The molecule has 3 heteroatoms. The summed E-state index contributed by atoms with van der Waals surface area (Å²) in [4.78, 5) is 14.5. The van der Waals surface area contributed by atoms with Crippen LogP contribution in [0.5, 0.6) is 0 Å². The molecule has 2 aromatic rings. The minimum Gasteiger partial charge on any atom is -0.422 e. The zero-order chi connectivity index (χ0) is 18.1. The molecule has 0 fully saturated rings. The van der Waals surface area contributed by atoms with Gasteiger partial charge in [-0.15, -0.1) is 0 Å². The van der Waals surface area contributed by atoms with E-state index in [1.165, 1.54) is 38.5 Å². The van der Waals surface area contributed by atoms with Crippen LogP contribution in [0.1, 0.15) is 71.3 Å². The molecule has 0 aliphatic rings. The summed E-state index contributed by atoms with van der Waals surface area (Å²) in [6.45, 7) is 8.40. The highest BCUT2D eigenvalue weighted by Gasteiger charge is 2.08. The van der Waals surface area contributed by atoms with Crippen molar-refractivity contribution in [3.63, 3.8) is 0 Å². The fraction of sp³-hybridized carbons (Fsp3) is 0.591. The third-order valence-corrected chi connectivity index (χ3v) is 4.97. The molecule has 3 nitrogen and oxygen atoms in total. The van der Waals surface area contributed by atoms with Gasteiger partial charge in [-0.2, -0.15) is 0 Å². The quantitative estimate of drug-likeness (QED) is 0.374. The lowest BCUT2D eigenvalue weighted by Gasteiger charge is -2.21. The van der Waals surface area contributed by atoms with Crippen molar-refractivity contribution >= 4 is 16.7 Å². The minimum absolute atomic E-state index is 0.171. The van der Waals surface area contributed by atoms with Crippen molar-refractivity contribution in [3.8, 4) is 0 Å². The average Bonchev–Trinajstić information content (AvgIpc) is 2.62. The van der Waals surface area contributed by atoms with Gasteiger partial charge in [-0.25, -0.2) is 4.79 Å². The first-order valence-electron chi connectivity index (χ1n) is 10.0. The van der Waals surface area contributed by atoms with Gasteiger partial charge in [-0.3, -0.25) is 0 Å². The van der Waals surface area contributed by atoms with Crippen LogP contribution in [-0.4, -0.2) is 13.1 Å². The van der Waals surface area contributed by atoms with Crippen LogP contribution in [0.4, 0.5) is 5.69 Å². The second-order valence-corrected chi connectivity index (χ2v) is 6.82. The molecule has 0 aliphatic carbocycles. The molecule has 0 saturated heterocycles. The van der Waals surface area contributed by atoms with Crippen LogP contribution in [-0.2, 0) is 6.42 Å². The molecule has 1 aromatic heterocycles. The molecule has 1 heterocycles. The molecule has 0 amide bonds. The van der Waals surface area contributed by atoms with Crippen molar-refractivity contribution in [1.29, 1.82) is 0 Å². The van der Waals surface area contributed by atoms with E-state index in [9.17, 15) is 4.79 Å². The highest BCUT2D eigenvalue weighted by Crippen LogP contribution is 2.22. The monoisotopic (exact) mass is 343 g/mol. The van der Waals surface area contributed by atoms with Crippen molar-refractivity contribution in [2.75, 3.05) is 18.0 Å². The second kappa shape index (κ2) is 10.3. The van der Waals surface area contributed by atoms with Crippen LogP contribution in [0.2, 0.25) is 0 Å². The molecule has 0 spiro atoms. The van der Waals surface area contributed by atoms with Gasteiger partial charge in [-0.1, -0.05) is 45.4 Å². The lowest BCUT2D eigenvalue weighted by molar-refractivity contribution is 0.541. The van der Waals surface area contributed by atoms with Gasteiger partial charge in [-0.05, 0) is 44.9 Å². The number of nitrogens with zero attached hydrogens (tertiary/aromatic N) is 1. The van der Waals surface area contributed by atoms with Gasteiger partial charge in [0.05, 0.1) is 0 Å². The molecule has 25 heavy (non-hydrogen) atoms. The van der Waals surface area contributed by atoms with Crippen molar-refractivity contribution in [3.05, 3.63) is 40.2 Å². The summed E-state index contributed by atoms with van der Waals surface area (Å²) in [5.74, 6) is 0. The number of fused-ring (bicyclic) bond motifs is 1. The Morgan fingerprint density at radius 2 is 1.56 bits per heavy atom. The smallest absolute Gasteiger partial charge is 0.339 e. The Hall–Kier alpha value is -1.77. The van der Waals surface area contributed by atoms with Crippen molar-refractivity contribution in [1.82, 2.24) is 0 Å². The fourth-order valence-electron chi connectivity index (χ4n) is 3.37. The normalized spacial score (nSPS) is 11.2. The maximum atomic E-state index is 12.3. The number of hydrogen-bond acceptors (Lipinski definition) is 3. The molecule has 0 aliphatic heterocycles. The molecule has 0 bridgehead atoms. The summed E-state index contributed by atoms with van der Waals surface area (Å²) in [6.07, 6.45) is 9.63. The van der Waals surface area contributed by atoms with Gasteiger partial charge in [0.25, 0.3) is 0 Å². The topological polar surface area (TPSA) is 33.5 Å². The molecule has 0 atom stereocenters. The van der Waals surface area contributed by atoms with E-state index in [4.69, 9.17) is 4.42 Å². The molecular formula is C22H33NO2. The predicted octanol–water partition coefficient (Wildman–Crippen LogP) is 5.93. The van der Waals surface area contributed by atoms with Gasteiger partial charge in [0.15, 0.2) is 0 Å². The predicted molar refractivity (Wildman–Crippen MR) is 108 cm³/mol. The van der Waals surface area contributed by atoms with Crippen LogP contribution in [0.3, 0.4) is 0 Å². The summed E-state index contributed by atoms with van der Waals surface area (Å²) in [7, 11) is 0. The minimum atomic E-state index is -0.171. The fourth-order valence-corrected chi connectivity index (χ4v) is 3.37. The zero-order valence-electron chi connectivity index (χ0n) is 16.1. The van der Waals surface area contributed by atoms with Crippen LogP contribution in [0.15, 0.2) is 33.5 Å². The third kappa shape index (κ3) is 5.62. The van der Waals surface area contributed by atoms with Gasteiger partial charge in [0.2, 0.25) is 0 Å². The number of aryl methyl sites for hydroxylation is 1. The van der Waals surface area contributed by atoms with E-state index in [1.54, 1.807) is 0 Å². The summed E-state index contributed by atoms with van der Waals surface area (Å²) in [5.41, 5.74) is 2.45. The van der Waals surface area contributed by atoms with Crippen molar-refractivity contribution < 1.29 is 4.42 Å². The van der Waals surface area contributed by atoms with Crippen LogP contribution < -0.4 is 10.5 Å². The maximum Gasteiger partial charge on any atom is 0.339 e. The van der Waals surface area contributed by atoms with E-state index in [-0.39, 0.29) is 5.63 Å². The molecular weight excluding hydrogens is 310 g/mol. The molecule has 0 radical (unpaired) electrons. The van der Waals surface area contributed by atoms with Crippen molar-refractivity contribution in [2.24, 2.45) is 0 Å². The Balaban J connectivity index is 1.99. The zero-order valence-corrected chi connectivity index (χ0v) is 16.1. The lowest BCUT2D eigenvalue weighted by Crippen LogP contribution is -2.21. The van der Waals surface area contributed by atoms with E-state index in [0.29, 0.717) is 5.58 Å². The summed E-state index contributed by atoms with van der Waals surface area (Å²) in [5, 5.41) is 1.02. The Kier molecular flexibility index (Phi) is 8.03. The van der Waals surface area contributed by atoms with E-state index in [1.807, 2.05) is 12.1 Å². The first kappa shape index (κ1) is 19.6. The standard InChI is InChI=1S/C22H33NO2/c1-4-7-8-9-10-11-12-13-19-16-18-14-15-20(23(5-2)6-3)17-21(18)25-22(19)24/h14-17H,4-13H2,1-3H3. The average molecular weight is 344 g/mol. The summed E-state index contributed by atoms with van der Waals surface area (Å²) in [6, 6.07) is 8.19. The molecule has 2 rings (SSSR count). The first-order chi connectivity index (χ1) is 12.2. The van der Waals surface area contributed by atoms with Crippen LogP contribution >= 0.6 is 0 Å². The highest BCUT2D eigenvalue weighted by molar-refractivity contribution is 5.81. The SMILES string of the molecule is CCCCCCCCCc1cc2ccc(N(CC)CC)cc2oc1=O. The molecule has 138 valence electrons. The Bertz CT molecular complexity index is 701. The van der Waals surface area contributed by atoms with E-state index < -0.39 is 0 Å². The molecule has 0 saturated carbocycles. The van der Waals surface area contributed by atoms with Crippen LogP contribution in [0, 0.1) is 0 Å². The maximum absolute atomic E-state index is 12.3. The van der Waals surface area contributed by atoms with E-state index in [0.717, 1.165) is 42.6 Å². The third-order valence-electron chi connectivity index (χ3n) is 4.97.